The summed E-state index contributed by atoms with van der Waals surface area (Å²) in [6.45, 7) is 3.09. The monoisotopic (exact) mass is 434 g/mol. The first kappa shape index (κ1) is 21.0. The van der Waals surface area contributed by atoms with Crippen LogP contribution in [-0.4, -0.2) is 50.5 Å². The first-order valence-corrected chi connectivity index (χ1v) is 12.2. The first-order chi connectivity index (χ1) is 14.1. The minimum Gasteiger partial charge on any atom is -0.419 e. The minimum atomic E-state index is -3.47. The van der Waals surface area contributed by atoms with Crippen molar-refractivity contribution in [1.82, 2.24) is 15.2 Å². The Balaban J connectivity index is 1.65. The highest BCUT2D eigenvalue weighted by molar-refractivity contribution is 7.92. The van der Waals surface area contributed by atoms with Gasteiger partial charge in [-0.25, -0.2) is 13.4 Å². The molecule has 0 radical (unpaired) electrons. The Kier molecular flexibility index (Phi) is 5.48. The lowest BCUT2D eigenvalue weighted by Gasteiger charge is -2.22. The molecule has 164 valence electrons. The second kappa shape index (κ2) is 7.81. The highest BCUT2D eigenvalue weighted by Gasteiger charge is 2.34. The van der Waals surface area contributed by atoms with Crippen molar-refractivity contribution in [2.24, 2.45) is 23.5 Å². The van der Waals surface area contributed by atoms with Crippen LogP contribution in [0.2, 0.25) is 0 Å². The van der Waals surface area contributed by atoms with Gasteiger partial charge in [-0.05, 0) is 42.7 Å². The zero-order chi connectivity index (χ0) is 21.6. The molecule has 2 aromatic heterocycles. The fraction of sp³-hybridized carbons (Fsp3) is 0.650. The van der Waals surface area contributed by atoms with Gasteiger partial charge in [0.2, 0.25) is 21.8 Å². The third-order valence-electron chi connectivity index (χ3n) is 6.08. The third kappa shape index (κ3) is 4.75. The van der Waals surface area contributed by atoms with E-state index in [-0.39, 0.29) is 6.04 Å². The SMILES string of the molecule is CC1CC1CN(C)c1cc(-c2nnc(C(N)CC3CC3)o2)cc(N(C)S(C)(=O)=O)n1. The molecule has 4 rings (SSSR count). The minimum absolute atomic E-state index is 0.280. The summed E-state index contributed by atoms with van der Waals surface area (Å²) in [5.41, 5.74) is 6.83. The van der Waals surface area contributed by atoms with Gasteiger partial charge in [-0.2, -0.15) is 0 Å². The van der Waals surface area contributed by atoms with Crippen LogP contribution in [0.4, 0.5) is 11.6 Å². The van der Waals surface area contributed by atoms with Crippen molar-refractivity contribution in [1.29, 1.82) is 0 Å². The lowest BCUT2D eigenvalue weighted by Crippen LogP contribution is -2.27. The van der Waals surface area contributed by atoms with Crippen molar-refractivity contribution in [2.75, 3.05) is 36.1 Å². The van der Waals surface area contributed by atoms with Crippen LogP contribution in [0.25, 0.3) is 11.5 Å². The number of sulfonamides is 1. The fourth-order valence-electron chi connectivity index (χ4n) is 3.57. The molecular formula is C20H30N6O3S. The maximum Gasteiger partial charge on any atom is 0.248 e. The van der Waals surface area contributed by atoms with Gasteiger partial charge in [-0.15, -0.1) is 10.2 Å². The van der Waals surface area contributed by atoms with Crippen LogP contribution in [0.1, 0.15) is 44.5 Å². The lowest BCUT2D eigenvalue weighted by molar-refractivity contribution is 0.432. The van der Waals surface area contributed by atoms with Crippen LogP contribution in [-0.2, 0) is 10.0 Å². The second-order valence-electron chi connectivity index (χ2n) is 8.89. The number of nitrogens with zero attached hydrogens (tertiary/aromatic N) is 5. The van der Waals surface area contributed by atoms with E-state index in [0.29, 0.717) is 46.7 Å². The van der Waals surface area contributed by atoms with Crippen molar-refractivity contribution in [3.63, 3.8) is 0 Å². The average molecular weight is 435 g/mol. The number of hydrogen-bond acceptors (Lipinski definition) is 8. The number of nitrogens with two attached hydrogens (primary N) is 1. The molecule has 9 nitrogen and oxygen atoms in total. The molecule has 2 aliphatic rings. The number of hydrogen-bond donors (Lipinski definition) is 1. The van der Waals surface area contributed by atoms with E-state index < -0.39 is 10.0 Å². The Morgan fingerprint density at radius 1 is 1.23 bits per heavy atom. The van der Waals surface area contributed by atoms with Gasteiger partial charge in [0.05, 0.1) is 12.3 Å². The number of pyridine rings is 1. The van der Waals surface area contributed by atoms with Crippen molar-refractivity contribution < 1.29 is 12.8 Å². The first-order valence-electron chi connectivity index (χ1n) is 10.4. The van der Waals surface area contributed by atoms with E-state index in [9.17, 15) is 8.42 Å². The van der Waals surface area contributed by atoms with Gasteiger partial charge in [0, 0.05) is 26.2 Å². The summed E-state index contributed by atoms with van der Waals surface area (Å²) in [6, 6.07) is 3.23. The van der Waals surface area contributed by atoms with E-state index in [1.54, 1.807) is 6.07 Å². The van der Waals surface area contributed by atoms with Crippen LogP contribution in [0.5, 0.6) is 0 Å². The summed E-state index contributed by atoms with van der Waals surface area (Å²) in [5.74, 6) is 3.69. The van der Waals surface area contributed by atoms with E-state index in [0.717, 1.165) is 23.5 Å². The Hall–Kier alpha value is -2.20. The van der Waals surface area contributed by atoms with Crippen molar-refractivity contribution >= 4 is 21.7 Å². The Labute approximate surface area is 177 Å². The molecule has 2 aliphatic carbocycles. The molecule has 0 saturated heterocycles. The van der Waals surface area contributed by atoms with Crippen LogP contribution in [0.3, 0.4) is 0 Å². The maximum atomic E-state index is 12.1. The van der Waals surface area contributed by atoms with Crippen LogP contribution < -0.4 is 14.9 Å². The topological polar surface area (TPSA) is 118 Å². The van der Waals surface area contributed by atoms with Gasteiger partial charge >= 0.3 is 0 Å². The standard InChI is InChI=1S/C20H30N6O3S/c1-12-7-15(12)11-25(2)17-9-14(10-18(22-17)26(3)30(4,27)28)19-23-24-20(29-19)16(21)8-13-5-6-13/h9-10,12-13,15-16H,5-8,11,21H2,1-4H3. The quantitative estimate of drug-likeness (QED) is 0.639. The van der Waals surface area contributed by atoms with E-state index in [1.807, 2.05) is 18.0 Å². The van der Waals surface area contributed by atoms with Crippen LogP contribution in [0, 0.1) is 17.8 Å². The Morgan fingerprint density at radius 2 is 1.90 bits per heavy atom. The molecule has 0 aromatic carbocycles. The van der Waals surface area contributed by atoms with Gasteiger partial charge in [0.25, 0.3) is 0 Å². The van der Waals surface area contributed by atoms with Crippen molar-refractivity contribution in [3.05, 3.63) is 18.0 Å². The molecule has 2 aromatic rings. The normalized spacial score (nSPS) is 22.0. The molecule has 2 saturated carbocycles. The fourth-order valence-corrected chi connectivity index (χ4v) is 4.00. The molecule has 3 unspecified atom stereocenters. The largest absolute Gasteiger partial charge is 0.419 e. The molecule has 2 fully saturated rings. The van der Waals surface area contributed by atoms with E-state index >= 15 is 0 Å². The molecule has 2 heterocycles. The van der Waals surface area contributed by atoms with Crippen molar-refractivity contribution in [3.8, 4) is 11.5 Å². The molecular weight excluding hydrogens is 404 g/mol. The lowest BCUT2D eigenvalue weighted by atomic mass is 10.1. The highest BCUT2D eigenvalue weighted by atomic mass is 32.2. The average Bonchev–Trinajstić information content (AvgIpc) is 3.58. The summed E-state index contributed by atoms with van der Waals surface area (Å²) < 4.78 is 31.2. The highest BCUT2D eigenvalue weighted by Crippen LogP contribution is 2.39. The zero-order valence-electron chi connectivity index (χ0n) is 17.9. The Morgan fingerprint density at radius 3 is 2.50 bits per heavy atom. The smallest absolute Gasteiger partial charge is 0.248 e. The molecule has 0 aliphatic heterocycles. The second-order valence-corrected chi connectivity index (χ2v) is 10.9. The van der Waals surface area contributed by atoms with Gasteiger partial charge in [-0.1, -0.05) is 19.8 Å². The summed E-state index contributed by atoms with van der Waals surface area (Å²) >= 11 is 0. The predicted molar refractivity (Wildman–Crippen MR) is 116 cm³/mol. The molecule has 0 amide bonds. The van der Waals surface area contributed by atoms with E-state index in [4.69, 9.17) is 10.2 Å². The molecule has 0 bridgehead atoms. The molecule has 0 spiro atoms. The molecule has 3 atom stereocenters. The predicted octanol–water partition coefficient (Wildman–Crippen LogP) is 2.42. The van der Waals surface area contributed by atoms with E-state index in [1.165, 1.54) is 26.3 Å². The van der Waals surface area contributed by atoms with Gasteiger partial charge in [-0.3, -0.25) is 4.31 Å². The number of aromatic nitrogens is 3. The molecule has 30 heavy (non-hydrogen) atoms. The summed E-state index contributed by atoms with van der Waals surface area (Å²) in [6.07, 6.45) is 5.60. The van der Waals surface area contributed by atoms with Gasteiger partial charge in [0.15, 0.2) is 0 Å². The van der Waals surface area contributed by atoms with Crippen LogP contribution >= 0.6 is 0 Å². The van der Waals surface area contributed by atoms with Crippen molar-refractivity contribution in [2.45, 2.75) is 38.6 Å². The summed E-state index contributed by atoms with van der Waals surface area (Å²) in [4.78, 5) is 6.63. The van der Waals surface area contributed by atoms with Gasteiger partial charge in [0.1, 0.15) is 11.6 Å². The van der Waals surface area contributed by atoms with Gasteiger partial charge < -0.3 is 15.1 Å². The zero-order valence-corrected chi connectivity index (χ0v) is 18.8. The number of rotatable bonds is 9. The summed E-state index contributed by atoms with van der Waals surface area (Å²) in [7, 11) is -0.0163. The summed E-state index contributed by atoms with van der Waals surface area (Å²) in [5, 5.41) is 8.30. The van der Waals surface area contributed by atoms with Crippen LogP contribution in [0.15, 0.2) is 16.5 Å². The van der Waals surface area contributed by atoms with E-state index in [2.05, 4.69) is 22.1 Å². The maximum absolute atomic E-state index is 12.1. The Bertz CT molecular complexity index is 1020. The number of anilines is 2. The molecule has 2 N–H and O–H groups in total. The molecule has 10 heteroatoms. The third-order valence-corrected chi connectivity index (χ3v) is 7.26.